The molecule has 1 aromatic carbocycles. The van der Waals surface area contributed by atoms with Crippen molar-refractivity contribution in [3.05, 3.63) is 41.7 Å². The van der Waals surface area contributed by atoms with Gasteiger partial charge in [-0.25, -0.2) is 0 Å². The maximum atomic E-state index is 11.7. The van der Waals surface area contributed by atoms with E-state index >= 15 is 0 Å². The van der Waals surface area contributed by atoms with Crippen molar-refractivity contribution in [1.29, 1.82) is 0 Å². The van der Waals surface area contributed by atoms with Crippen LogP contribution in [0.1, 0.15) is 17.3 Å². The summed E-state index contributed by atoms with van der Waals surface area (Å²) in [7, 11) is 0. The van der Waals surface area contributed by atoms with E-state index in [4.69, 9.17) is 9.84 Å². The Kier molecular flexibility index (Phi) is 2.00. The SMILES string of the molecule is CC1Oc2ccccc2C(=O)/C1=C/O. The first kappa shape index (κ1) is 8.81. The third-order valence-corrected chi connectivity index (χ3v) is 2.27. The smallest absolute Gasteiger partial charge is 0.199 e. The number of Topliss-reactive ketones (excluding diaryl/α,β-unsaturated/α-hetero) is 1. The lowest BCUT2D eigenvalue weighted by Gasteiger charge is -2.23. The monoisotopic (exact) mass is 190 g/mol. The van der Waals surface area contributed by atoms with Crippen LogP contribution in [0.15, 0.2) is 36.1 Å². The molecule has 0 saturated carbocycles. The lowest BCUT2D eigenvalue weighted by Crippen LogP contribution is -2.27. The molecular formula is C11H10O3. The van der Waals surface area contributed by atoms with Gasteiger partial charge < -0.3 is 9.84 Å². The molecule has 1 N–H and O–H groups in total. The van der Waals surface area contributed by atoms with Crippen LogP contribution in [-0.4, -0.2) is 17.0 Å². The average Bonchev–Trinajstić information content (AvgIpc) is 2.18. The van der Waals surface area contributed by atoms with E-state index in [1.807, 2.05) is 6.07 Å². The Hall–Kier alpha value is -1.77. The summed E-state index contributed by atoms with van der Waals surface area (Å²) in [6, 6.07) is 7.02. The van der Waals surface area contributed by atoms with Gasteiger partial charge in [-0.2, -0.15) is 0 Å². The van der Waals surface area contributed by atoms with Gasteiger partial charge in [-0.15, -0.1) is 0 Å². The Morgan fingerprint density at radius 1 is 1.43 bits per heavy atom. The minimum absolute atomic E-state index is 0.165. The Balaban J connectivity index is 2.54. The number of carbonyl (C=O) groups is 1. The summed E-state index contributed by atoms with van der Waals surface area (Å²) < 4.78 is 5.46. The molecule has 14 heavy (non-hydrogen) atoms. The van der Waals surface area contributed by atoms with Crippen molar-refractivity contribution < 1.29 is 14.6 Å². The van der Waals surface area contributed by atoms with E-state index in [2.05, 4.69) is 0 Å². The number of para-hydroxylation sites is 1. The molecule has 1 atom stereocenters. The summed E-state index contributed by atoms with van der Waals surface area (Å²) in [5.41, 5.74) is 0.801. The fourth-order valence-corrected chi connectivity index (χ4v) is 1.51. The first-order valence-electron chi connectivity index (χ1n) is 4.38. The number of rotatable bonds is 0. The van der Waals surface area contributed by atoms with Crippen molar-refractivity contribution in [2.24, 2.45) is 0 Å². The van der Waals surface area contributed by atoms with E-state index in [1.54, 1.807) is 25.1 Å². The first-order valence-corrected chi connectivity index (χ1v) is 4.38. The van der Waals surface area contributed by atoms with Crippen LogP contribution >= 0.6 is 0 Å². The van der Waals surface area contributed by atoms with Gasteiger partial charge >= 0.3 is 0 Å². The summed E-state index contributed by atoms with van der Waals surface area (Å²) in [4.78, 5) is 11.7. The Labute approximate surface area is 81.6 Å². The molecule has 0 aromatic heterocycles. The molecule has 2 rings (SSSR count). The molecule has 0 amide bonds. The Bertz CT molecular complexity index is 407. The van der Waals surface area contributed by atoms with E-state index in [1.165, 1.54) is 0 Å². The molecule has 1 aliphatic heterocycles. The molecule has 1 aromatic rings. The maximum Gasteiger partial charge on any atom is 0.199 e. The number of benzene rings is 1. The molecule has 3 heteroatoms. The van der Waals surface area contributed by atoms with E-state index in [-0.39, 0.29) is 11.9 Å². The van der Waals surface area contributed by atoms with Crippen molar-refractivity contribution in [3.8, 4) is 5.75 Å². The van der Waals surface area contributed by atoms with Crippen LogP contribution in [0, 0.1) is 0 Å². The fourth-order valence-electron chi connectivity index (χ4n) is 1.51. The minimum Gasteiger partial charge on any atom is -0.515 e. The summed E-state index contributed by atoms with van der Waals surface area (Å²) in [5.74, 6) is 0.414. The standard InChI is InChI=1S/C11H10O3/c1-7-9(6-12)11(13)8-4-2-3-5-10(8)14-7/h2-7,12H,1H3/b9-6+. The van der Waals surface area contributed by atoms with E-state index in [0.717, 1.165) is 6.26 Å². The number of hydrogen-bond donors (Lipinski definition) is 1. The molecule has 0 saturated heterocycles. The van der Waals surface area contributed by atoms with Crippen molar-refractivity contribution in [1.82, 2.24) is 0 Å². The van der Waals surface area contributed by atoms with Gasteiger partial charge in [0, 0.05) is 0 Å². The summed E-state index contributed by atoms with van der Waals surface area (Å²) in [6.45, 7) is 1.73. The topological polar surface area (TPSA) is 46.5 Å². The van der Waals surface area contributed by atoms with Crippen LogP contribution in [0.25, 0.3) is 0 Å². The number of hydrogen-bond acceptors (Lipinski definition) is 3. The average molecular weight is 190 g/mol. The van der Waals surface area contributed by atoms with Crippen LogP contribution in [0.5, 0.6) is 5.75 Å². The second-order valence-corrected chi connectivity index (χ2v) is 3.17. The van der Waals surface area contributed by atoms with Gasteiger partial charge in [-0.05, 0) is 19.1 Å². The van der Waals surface area contributed by atoms with Crippen LogP contribution in [0.3, 0.4) is 0 Å². The Morgan fingerprint density at radius 3 is 2.86 bits per heavy atom. The number of ketones is 1. The van der Waals surface area contributed by atoms with E-state index in [9.17, 15) is 4.79 Å². The zero-order chi connectivity index (χ0) is 10.1. The van der Waals surface area contributed by atoms with Crippen LogP contribution < -0.4 is 4.74 Å². The molecule has 3 nitrogen and oxygen atoms in total. The summed E-state index contributed by atoms with van der Waals surface area (Å²) >= 11 is 0. The van der Waals surface area contributed by atoms with Crippen LogP contribution in [-0.2, 0) is 0 Å². The molecule has 1 aliphatic rings. The van der Waals surface area contributed by atoms with Gasteiger partial charge in [0.05, 0.1) is 17.4 Å². The molecule has 1 heterocycles. The summed E-state index contributed by atoms with van der Waals surface area (Å²) in [5, 5.41) is 8.89. The molecular weight excluding hydrogens is 180 g/mol. The van der Waals surface area contributed by atoms with Crippen molar-refractivity contribution >= 4 is 5.78 Å². The molecule has 0 bridgehead atoms. The van der Waals surface area contributed by atoms with Crippen LogP contribution in [0.2, 0.25) is 0 Å². The zero-order valence-corrected chi connectivity index (χ0v) is 7.73. The predicted molar refractivity (Wildman–Crippen MR) is 51.6 cm³/mol. The molecule has 0 radical (unpaired) electrons. The van der Waals surface area contributed by atoms with Crippen molar-refractivity contribution in [2.45, 2.75) is 13.0 Å². The largest absolute Gasteiger partial charge is 0.515 e. The van der Waals surface area contributed by atoms with E-state index in [0.29, 0.717) is 16.9 Å². The molecule has 0 aliphatic carbocycles. The number of aliphatic hydroxyl groups excluding tert-OH is 1. The van der Waals surface area contributed by atoms with Gasteiger partial charge in [0.1, 0.15) is 11.9 Å². The van der Waals surface area contributed by atoms with Gasteiger partial charge in [0.25, 0.3) is 0 Å². The maximum absolute atomic E-state index is 11.7. The third-order valence-electron chi connectivity index (χ3n) is 2.27. The molecule has 72 valence electrons. The van der Waals surface area contributed by atoms with Gasteiger partial charge in [0.2, 0.25) is 0 Å². The number of ether oxygens (including phenoxy) is 1. The number of fused-ring (bicyclic) bond motifs is 1. The fraction of sp³-hybridized carbons (Fsp3) is 0.182. The lowest BCUT2D eigenvalue weighted by molar-refractivity contribution is 0.0964. The Morgan fingerprint density at radius 2 is 2.14 bits per heavy atom. The molecule has 1 unspecified atom stereocenters. The highest BCUT2D eigenvalue weighted by Crippen LogP contribution is 2.29. The van der Waals surface area contributed by atoms with Gasteiger partial charge in [0.15, 0.2) is 5.78 Å². The third kappa shape index (κ3) is 1.18. The number of aliphatic hydroxyl groups is 1. The van der Waals surface area contributed by atoms with Crippen molar-refractivity contribution in [2.75, 3.05) is 0 Å². The van der Waals surface area contributed by atoms with Gasteiger partial charge in [-0.1, -0.05) is 12.1 Å². The second kappa shape index (κ2) is 3.18. The normalized spacial score (nSPS) is 23.1. The second-order valence-electron chi connectivity index (χ2n) is 3.17. The highest BCUT2D eigenvalue weighted by atomic mass is 16.5. The quantitative estimate of drug-likeness (QED) is 0.503. The van der Waals surface area contributed by atoms with Crippen molar-refractivity contribution in [3.63, 3.8) is 0 Å². The first-order chi connectivity index (χ1) is 6.74. The highest BCUT2D eigenvalue weighted by molar-refractivity contribution is 6.11. The number of carbonyl (C=O) groups excluding carboxylic acids is 1. The van der Waals surface area contributed by atoms with Gasteiger partial charge in [-0.3, -0.25) is 4.79 Å². The zero-order valence-electron chi connectivity index (χ0n) is 7.73. The van der Waals surface area contributed by atoms with Crippen LogP contribution in [0.4, 0.5) is 0 Å². The lowest BCUT2D eigenvalue weighted by atomic mass is 9.97. The minimum atomic E-state index is -0.387. The molecule has 0 spiro atoms. The molecule has 0 fully saturated rings. The predicted octanol–water partition coefficient (Wildman–Crippen LogP) is 2.09. The summed E-state index contributed by atoms with van der Waals surface area (Å²) in [6.07, 6.45) is 0.436. The highest BCUT2D eigenvalue weighted by Gasteiger charge is 2.28. The van der Waals surface area contributed by atoms with E-state index < -0.39 is 0 Å².